The smallest absolute Gasteiger partial charge is 0.317 e. The van der Waals surface area contributed by atoms with Gasteiger partial charge in [-0.05, 0) is 31.9 Å². The van der Waals surface area contributed by atoms with Crippen LogP contribution in [0, 0.1) is 6.92 Å². The van der Waals surface area contributed by atoms with Crippen LogP contribution in [0.2, 0.25) is 0 Å². The Morgan fingerprint density at radius 1 is 1.47 bits per heavy atom. The predicted octanol–water partition coefficient (Wildman–Crippen LogP) is 1.86. The molecule has 0 spiro atoms. The van der Waals surface area contributed by atoms with Gasteiger partial charge in [-0.25, -0.2) is 4.79 Å². The number of hydrogen-bond acceptors (Lipinski definition) is 3. The number of carbonyl (C=O) groups is 1. The lowest BCUT2D eigenvalue weighted by atomic mass is 10.1. The van der Waals surface area contributed by atoms with Gasteiger partial charge in [0.05, 0.1) is 12.6 Å². The fourth-order valence-electron chi connectivity index (χ4n) is 1.80. The Balaban J connectivity index is 2.61. The highest BCUT2D eigenvalue weighted by Gasteiger charge is 2.15. The first-order valence-electron chi connectivity index (χ1n) is 6.67. The largest absolute Gasteiger partial charge is 0.395 e. The van der Waals surface area contributed by atoms with E-state index in [1.165, 1.54) is 0 Å². The van der Waals surface area contributed by atoms with Crippen molar-refractivity contribution in [3.05, 3.63) is 29.6 Å². The van der Waals surface area contributed by atoms with Crippen molar-refractivity contribution >= 4 is 6.03 Å². The Bertz CT molecular complexity index is 386. The van der Waals surface area contributed by atoms with E-state index in [-0.39, 0.29) is 18.7 Å². The quantitative estimate of drug-likeness (QED) is 0.825. The third-order valence-electron chi connectivity index (χ3n) is 2.92. The molecule has 1 aromatic rings. The maximum Gasteiger partial charge on any atom is 0.317 e. The van der Waals surface area contributed by atoms with Gasteiger partial charge in [0.15, 0.2) is 0 Å². The fraction of sp³-hybridized carbons (Fsp3) is 0.571. The van der Waals surface area contributed by atoms with Crippen LogP contribution in [0.4, 0.5) is 4.79 Å². The first-order chi connectivity index (χ1) is 9.08. The molecule has 0 saturated carbocycles. The third kappa shape index (κ3) is 4.87. The number of amides is 2. The summed E-state index contributed by atoms with van der Waals surface area (Å²) in [5.41, 5.74) is 1.93. The molecule has 0 fully saturated rings. The molecule has 19 heavy (non-hydrogen) atoms. The van der Waals surface area contributed by atoms with E-state index in [1.54, 1.807) is 11.1 Å². The van der Waals surface area contributed by atoms with Crippen molar-refractivity contribution in [2.75, 3.05) is 19.7 Å². The predicted molar refractivity (Wildman–Crippen MR) is 74.9 cm³/mol. The Kier molecular flexibility index (Phi) is 6.29. The maximum absolute atomic E-state index is 12.1. The van der Waals surface area contributed by atoms with Gasteiger partial charge in [-0.2, -0.15) is 0 Å². The summed E-state index contributed by atoms with van der Waals surface area (Å²) in [6.07, 6.45) is 2.64. The zero-order chi connectivity index (χ0) is 14.3. The van der Waals surface area contributed by atoms with E-state index in [0.717, 1.165) is 17.7 Å². The summed E-state index contributed by atoms with van der Waals surface area (Å²) in [4.78, 5) is 17.9. The Morgan fingerprint density at radius 2 is 2.21 bits per heavy atom. The first kappa shape index (κ1) is 15.4. The van der Waals surface area contributed by atoms with Crippen molar-refractivity contribution < 1.29 is 9.90 Å². The van der Waals surface area contributed by atoms with Gasteiger partial charge in [0.25, 0.3) is 0 Å². The van der Waals surface area contributed by atoms with Crippen LogP contribution in [0.5, 0.6) is 0 Å². The van der Waals surface area contributed by atoms with Crippen LogP contribution in [-0.4, -0.2) is 40.7 Å². The van der Waals surface area contributed by atoms with Gasteiger partial charge in [-0.15, -0.1) is 0 Å². The highest BCUT2D eigenvalue weighted by molar-refractivity contribution is 5.74. The van der Waals surface area contributed by atoms with Crippen molar-refractivity contribution in [1.29, 1.82) is 0 Å². The molecular weight excluding hydrogens is 242 g/mol. The van der Waals surface area contributed by atoms with E-state index in [4.69, 9.17) is 5.11 Å². The zero-order valence-electron chi connectivity index (χ0n) is 11.9. The number of aromatic nitrogens is 1. The van der Waals surface area contributed by atoms with Gasteiger partial charge in [0, 0.05) is 25.0 Å². The molecule has 2 N–H and O–H groups in total. The summed E-state index contributed by atoms with van der Waals surface area (Å²) in [7, 11) is 0. The number of urea groups is 1. The lowest BCUT2D eigenvalue weighted by molar-refractivity contribution is 0.174. The van der Waals surface area contributed by atoms with Gasteiger partial charge >= 0.3 is 6.03 Å². The molecule has 5 heteroatoms. The number of nitrogens with one attached hydrogen (secondary N) is 1. The average molecular weight is 265 g/mol. The number of aliphatic hydroxyl groups is 1. The second kappa shape index (κ2) is 7.74. The van der Waals surface area contributed by atoms with Crippen molar-refractivity contribution in [3.8, 4) is 0 Å². The van der Waals surface area contributed by atoms with E-state index in [0.29, 0.717) is 13.1 Å². The molecule has 0 aromatic carbocycles. The van der Waals surface area contributed by atoms with Crippen LogP contribution in [0.1, 0.15) is 37.6 Å². The second-order valence-electron chi connectivity index (χ2n) is 4.61. The highest BCUT2D eigenvalue weighted by Crippen LogP contribution is 2.11. The van der Waals surface area contributed by atoms with Crippen molar-refractivity contribution in [2.45, 2.75) is 33.2 Å². The Morgan fingerprint density at radius 3 is 2.74 bits per heavy atom. The van der Waals surface area contributed by atoms with E-state index in [2.05, 4.69) is 10.3 Å². The number of hydrogen-bond donors (Lipinski definition) is 2. The molecule has 1 rings (SSSR count). The SMILES string of the molecule is CCCN(CCO)C(=O)N[C@@H](C)c1ccc(C)nc1. The van der Waals surface area contributed by atoms with E-state index in [9.17, 15) is 4.79 Å². The molecule has 0 saturated heterocycles. The van der Waals surface area contributed by atoms with Gasteiger partial charge in [-0.3, -0.25) is 4.98 Å². The lowest BCUT2D eigenvalue weighted by Gasteiger charge is -2.24. The lowest BCUT2D eigenvalue weighted by Crippen LogP contribution is -2.42. The molecular formula is C14H23N3O2. The molecule has 0 aliphatic carbocycles. The van der Waals surface area contributed by atoms with Crippen molar-refractivity contribution in [2.24, 2.45) is 0 Å². The van der Waals surface area contributed by atoms with Crippen molar-refractivity contribution in [3.63, 3.8) is 0 Å². The molecule has 5 nitrogen and oxygen atoms in total. The standard InChI is InChI=1S/C14H23N3O2/c1-4-7-17(8-9-18)14(19)16-12(3)13-6-5-11(2)15-10-13/h5-6,10,12,18H,4,7-9H2,1-3H3,(H,16,19)/t12-/m0/s1. The fourth-order valence-corrected chi connectivity index (χ4v) is 1.80. The number of pyridine rings is 1. The Labute approximate surface area is 114 Å². The van der Waals surface area contributed by atoms with Gasteiger partial charge in [0.1, 0.15) is 0 Å². The van der Waals surface area contributed by atoms with Crippen LogP contribution in [0.3, 0.4) is 0 Å². The summed E-state index contributed by atoms with van der Waals surface area (Å²) in [6, 6.07) is 3.64. The molecule has 0 unspecified atom stereocenters. The molecule has 106 valence electrons. The van der Waals surface area contributed by atoms with Crippen LogP contribution in [-0.2, 0) is 0 Å². The topological polar surface area (TPSA) is 65.5 Å². The maximum atomic E-state index is 12.1. The zero-order valence-corrected chi connectivity index (χ0v) is 11.9. The van der Waals surface area contributed by atoms with Crippen LogP contribution in [0.15, 0.2) is 18.3 Å². The van der Waals surface area contributed by atoms with Crippen molar-refractivity contribution in [1.82, 2.24) is 15.2 Å². The van der Waals surface area contributed by atoms with Gasteiger partial charge < -0.3 is 15.3 Å². The normalized spacial score (nSPS) is 12.0. The Hall–Kier alpha value is -1.62. The minimum atomic E-state index is -0.149. The highest BCUT2D eigenvalue weighted by atomic mass is 16.3. The monoisotopic (exact) mass is 265 g/mol. The van der Waals surface area contributed by atoms with E-state index in [1.807, 2.05) is 32.9 Å². The summed E-state index contributed by atoms with van der Waals surface area (Å²) in [5, 5.41) is 11.9. The number of aliphatic hydroxyl groups excluding tert-OH is 1. The minimum absolute atomic E-state index is 0.0200. The number of nitrogens with zero attached hydrogens (tertiary/aromatic N) is 2. The molecule has 0 aliphatic rings. The summed E-state index contributed by atoms with van der Waals surface area (Å²) in [6.45, 7) is 6.84. The first-order valence-corrected chi connectivity index (χ1v) is 6.67. The third-order valence-corrected chi connectivity index (χ3v) is 2.92. The van der Waals surface area contributed by atoms with E-state index >= 15 is 0 Å². The van der Waals surface area contributed by atoms with Crippen LogP contribution in [0.25, 0.3) is 0 Å². The molecule has 0 bridgehead atoms. The summed E-state index contributed by atoms with van der Waals surface area (Å²) < 4.78 is 0. The second-order valence-corrected chi connectivity index (χ2v) is 4.61. The van der Waals surface area contributed by atoms with Crippen LogP contribution >= 0.6 is 0 Å². The van der Waals surface area contributed by atoms with Gasteiger partial charge in [0.2, 0.25) is 0 Å². The summed E-state index contributed by atoms with van der Waals surface area (Å²) in [5.74, 6) is 0. The molecule has 1 aromatic heterocycles. The molecule has 1 atom stereocenters. The molecule has 1 heterocycles. The van der Waals surface area contributed by atoms with E-state index < -0.39 is 0 Å². The molecule has 2 amide bonds. The molecule has 0 radical (unpaired) electrons. The number of carbonyl (C=O) groups excluding carboxylic acids is 1. The average Bonchev–Trinajstić information content (AvgIpc) is 2.39. The molecule has 0 aliphatic heterocycles. The number of rotatable bonds is 6. The summed E-state index contributed by atoms with van der Waals surface area (Å²) >= 11 is 0. The van der Waals surface area contributed by atoms with Gasteiger partial charge in [-0.1, -0.05) is 13.0 Å². The number of aryl methyl sites for hydroxylation is 1. The minimum Gasteiger partial charge on any atom is -0.395 e. The van der Waals surface area contributed by atoms with Crippen LogP contribution < -0.4 is 5.32 Å².